The van der Waals surface area contributed by atoms with Gasteiger partial charge in [0.25, 0.3) is 0 Å². The molecule has 1 N–H and O–H groups in total. The molecule has 1 atom stereocenters. The van der Waals surface area contributed by atoms with Crippen molar-refractivity contribution in [3.63, 3.8) is 0 Å². The molecule has 1 saturated heterocycles. The molecule has 0 unspecified atom stereocenters. The number of urea groups is 1. The third kappa shape index (κ3) is 3.34. The number of carbonyl (C=O) groups excluding carboxylic acids is 1. The maximum absolute atomic E-state index is 13.6. The van der Waals surface area contributed by atoms with Crippen LogP contribution in [0.25, 0.3) is 0 Å². The van der Waals surface area contributed by atoms with Crippen LogP contribution in [0.5, 0.6) is 0 Å². The number of furan rings is 1. The highest BCUT2D eigenvalue weighted by Gasteiger charge is 2.31. The molecule has 2 amide bonds. The standard InChI is InChI=1S/C16H18FN3O3/c1-2-11-3-4-15(23-11)14-10-22-8-7-20(14)16(21)19-13-5-6-18-9-12(13)17/h3-6,9,14H,2,7-8,10H2,1H3,(H,18,19,21)/t14-/m1/s1. The fourth-order valence-corrected chi connectivity index (χ4v) is 2.51. The van der Waals surface area contributed by atoms with Crippen molar-refractivity contribution in [2.75, 3.05) is 25.1 Å². The minimum absolute atomic E-state index is 0.101. The first-order valence-corrected chi connectivity index (χ1v) is 7.52. The van der Waals surface area contributed by atoms with Crippen LogP contribution in [0.3, 0.4) is 0 Å². The summed E-state index contributed by atoms with van der Waals surface area (Å²) in [5, 5.41) is 2.58. The maximum Gasteiger partial charge on any atom is 0.322 e. The van der Waals surface area contributed by atoms with E-state index >= 15 is 0 Å². The first kappa shape index (κ1) is 15.5. The van der Waals surface area contributed by atoms with Crippen molar-refractivity contribution >= 4 is 11.7 Å². The van der Waals surface area contributed by atoms with Gasteiger partial charge in [0.2, 0.25) is 0 Å². The van der Waals surface area contributed by atoms with Gasteiger partial charge >= 0.3 is 6.03 Å². The molecule has 0 radical (unpaired) electrons. The number of amides is 2. The van der Waals surface area contributed by atoms with Crippen molar-refractivity contribution in [1.82, 2.24) is 9.88 Å². The van der Waals surface area contributed by atoms with Gasteiger partial charge in [-0.1, -0.05) is 6.92 Å². The third-order valence-corrected chi connectivity index (χ3v) is 3.76. The van der Waals surface area contributed by atoms with Crippen molar-refractivity contribution in [2.24, 2.45) is 0 Å². The van der Waals surface area contributed by atoms with Crippen LogP contribution in [0.15, 0.2) is 35.0 Å². The molecular weight excluding hydrogens is 301 g/mol. The lowest BCUT2D eigenvalue weighted by Gasteiger charge is -2.34. The average Bonchev–Trinajstić information content (AvgIpc) is 3.06. The van der Waals surface area contributed by atoms with E-state index < -0.39 is 11.8 Å². The molecule has 122 valence electrons. The molecule has 2 aromatic heterocycles. The monoisotopic (exact) mass is 319 g/mol. The van der Waals surface area contributed by atoms with Crippen molar-refractivity contribution in [2.45, 2.75) is 19.4 Å². The normalized spacial score (nSPS) is 18.0. The smallest absolute Gasteiger partial charge is 0.322 e. The minimum atomic E-state index is -0.572. The van der Waals surface area contributed by atoms with Crippen LogP contribution in [-0.4, -0.2) is 35.7 Å². The summed E-state index contributed by atoms with van der Waals surface area (Å²) in [6.07, 6.45) is 3.27. The Hall–Kier alpha value is -2.41. The van der Waals surface area contributed by atoms with Gasteiger partial charge in [0.15, 0.2) is 5.82 Å². The zero-order chi connectivity index (χ0) is 16.2. The number of halogens is 1. The summed E-state index contributed by atoms with van der Waals surface area (Å²) < 4.78 is 24.9. The second kappa shape index (κ2) is 6.78. The highest BCUT2D eigenvalue weighted by molar-refractivity contribution is 5.89. The van der Waals surface area contributed by atoms with E-state index in [4.69, 9.17) is 9.15 Å². The Bertz CT molecular complexity index is 689. The molecule has 6 nitrogen and oxygen atoms in total. The van der Waals surface area contributed by atoms with Gasteiger partial charge in [0, 0.05) is 19.2 Å². The summed E-state index contributed by atoms with van der Waals surface area (Å²) in [6.45, 7) is 3.19. The van der Waals surface area contributed by atoms with Gasteiger partial charge in [0.1, 0.15) is 17.6 Å². The lowest BCUT2D eigenvalue weighted by atomic mass is 10.2. The van der Waals surface area contributed by atoms with Gasteiger partial charge in [-0.3, -0.25) is 4.98 Å². The van der Waals surface area contributed by atoms with Crippen molar-refractivity contribution in [3.05, 3.63) is 47.9 Å². The average molecular weight is 319 g/mol. The number of aryl methyl sites for hydroxylation is 1. The molecular formula is C16H18FN3O3. The molecule has 2 aromatic rings. The molecule has 1 aliphatic rings. The fraction of sp³-hybridized carbons (Fsp3) is 0.375. The number of morpholine rings is 1. The van der Waals surface area contributed by atoms with Crippen LogP contribution < -0.4 is 5.32 Å². The highest BCUT2D eigenvalue weighted by atomic mass is 19.1. The molecule has 0 aromatic carbocycles. The van der Waals surface area contributed by atoms with Crippen molar-refractivity contribution < 1.29 is 18.3 Å². The van der Waals surface area contributed by atoms with Crippen LogP contribution in [0.4, 0.5) is 14.9 Å². The molecule has 7 heteroatoms. The van der Waals surface area contributed by atoms with Crippen LogP contribution in [-0.2, 0) is 11.2 Å². The molecule has 1 aliphatic heterocycles. The largest absolute Gasteiger partial charge is 0.464 e. The number of carbonyl (C=O) groups is 1. The Kier molecular flexibility index (Phi) is 4.57. The Labute approximate surface area is 133 Å². The van der Waals surface area contributed by atoms with Crippen molar-refractivity contribution in [1.29, 1.82) is 0 Å². The Morgan fingerprint density at radius 2 is 2.35 bits per heavy atom. The Morgan fingerprint density at radius 3 is 3.09 bits per heavy atom. The number of ether oxygens (including phenoxy) is 1. The molecule has 0 saturated carbocycles. The summed E-state index contributed by atoms with van der Waals surface area (Å²) in [7, 11) is 0. The molecule has 3 rings (SSSR count). The SMILES string of the molecule is CCc1ccc([C@H]2COCCN2C(=O)Nc2ccncc2F)o1. The lowest BCUT2D eigenvalue weighted by Crippen LogP contribution is -2.45. The fourth-order valence-electron chi connectivity index (χ4n) is 2.51. The third-order valence-electron chi connectivity index (χ3n) is 3.76. The number of nitrogens with zero attached hydrogens (tertiary/aromatic N) is 2. The number of anilines is 1. The summed E-state index contributed by atoms with van der Waals surface area (Å²) in [5.74, 6) is 0.954. The van der Waals surface area contributed by atoms with Gasteiger partial charge in [-0.15, -0.1) is 0 Å². The summed E-state index contributed by atoms with van der Waals surface area (Å²) >= 11 is 0. The van der Waals surface area contributed by atoms with E-state index in [1.165, 1.54) is 12.3 Å². The van der Waals surface area contributed by atoms with E-state index in [2.05, 4.69) is 10.3 Å². The van der Waals surface area contributed by atoms with Gasteiger partial charge in [-0.2, -0.15) is 0 Å². The Morgan fingerprint density at radius 1 is 1.48 bits per heavy atom. The molecule has 1 fully saturated rings. The molecule has 0 aliphatic carbocycles. The summed E-state index contributed by atoms with van der Waals surface area (Å²) in [4.78, 5) is 17.8. The van der Waals surface area contributed by atoms with Crippen LogP contribution in [0.2, 0.25) is 0 Å². The molecule has 0 bridgehead atoms. The predicted molar refractivity (Wildman–Crippen MR) is 81.6 cm³/mol. The van der Waals surface area contributed by atoms with Gasteiger partial charge < -0.3 is 19.4 Å². The Balaban J connectivity index is 1.78. The topological polar surface area (TPSA) is 67.6 Å². The van der Waals surface area contributed by atoms with E-state index in [0.29, 0.717) is 25.5 Å². The van der Waals surface area contributed by atoms with Crippen LogP contribution >= 0.6 is 0 Å². The number of aromatic nitrogens is 1. The maximum atomic E-state index is 13.6. The number of hydrogen-bond donors (Lipinski definition) is 1. The van der Waals surface area contributed by atoms with Gasteiger partial charge in [0.05, 0.1) is 25.1 Å². The summed E-state index contributed by atoms with van der Waals surface area (Å²) in [6, 6.07) is 4.45. The lowest BCUT2D eigenvalue weighted by molar-refractivity contribution is 0.00700. The predicted octanol–water partition coefficient (Wildman–Crippen LogP) is 2.98. The number of hydrogen-bond acceptors (Lipinski definition) is 4. The summed E-state index contributed by atoms with van der Waals surface area (Å²) in [5.41, 5.74) is 0.101. The zero-order valence-electron chi connectivity index (χ0n) is 12.8. The highest BCUT2D eigenvalue weighted by Crippen LogP contribution is 2.27. The van der Waals surface area contributed by atoms with Gasteiger partial charge in [-0.25, -0.2) is 9.18 Å². The number of nitrogens with one attached hydrogen (secondary N) is 1. The van der Waals surface area contributed by atoms with Crippen molar-refractivity contribution in [3.8, 4) is 0 Å². The number of rotatable bonds is 3. The van der Waals surface area contributed by atoms with Crippen LogP contribution in [0, 0.1) is 5.82 Å². The molecule has 3 heterocycles. The first-order chi connectivity index (χ1) is 11.2. The van der Waals surface area contributed by atoms with Crippen LogP contribution in [0.1, 0.15) is 24.5 Å². The van der Waals surface area contributed by atoms with E-state index in [0.717, 1.165) is 18.4 Å². The second-order valence-electron chi connectivity index (χ2n) is 5.23. The quantitative estimate of drug-likeness (QED) is 0.944. The van der Waals surface area contributed by atoms with Gasteiger partial charge in [-0.05, 0) is 18.2 Å². The number of pyridine rings is 1. The minimum Gasteiger partial charge on any atom is -0.464 e. The second-order valence-corrected chi connectivity index (χ2v) is 5.23. The first-order valence-electron chi connectivity index (χ1n) is 7.52. The molecule has 0 spiro atoms. The van der Waals surface area contributed by atoms with E-state index in [9.17, 15) is 9.18 Å². The van der Waals surface area contributed by atoms with E-state index in [-0.39, 0.29) is 11.7 Å². The zero-order valence-corrected chi connectivity index (χ0v) is 12.8. The van der Waals surface area contributed by atoms with E-state index in [1.807, 2.05) is 19.1 Å². The molecule has 23 heavy (non-hydrogen) atoms. The van der Waals surface area contributed by atoms with E-state index in [1.54, 1.807) is 4.90 Å².